The van der Waals surface area contributed by atoms with E-state index in [0.29, 0.717) is 5.41 Å². The fraction of sp³-hybridized carbons (Fsp3) is 1.00. The van der Waals surface area contributed by atoms with Gasteiger partial charge >= 0.3 is 0 Å². The van der Waals surface area contributed by atoms with Gasteiger partial charge in [0.05, 0.1) is 0 Å². The van der Waals surface area contributed by atoms with E-state index in [1.165, 1.54) is 19.6 Å². The summed E-state index contributed by atoms with van der Waals surface area (Å²) in [5.74, 6) is 5.57. The highest BCUT2D eigenvalue weighted by Gasteiger charge is 2.49. The Labute approximate surface area is 61.7 Å². The molecule has 0 aliphatic carbocycles. The number of nitrogens with two attached hydrogens (primary N) is 1. The van der Waals surface area contributed by atoms with Crippen LogP contribution >= 0.6 is 0 Å². The van der Waals surface area contributed by atoms with Crippen molar-refractivity contribution in [2.75, 3.05) is 32.7 Å². The highest BCUT2D eigenvalue weighted by atomic mass is 15.5. The van der Waals surface area contributed by atoms with Crippen molar-refractivity contribution in [1.29, 1.82) is 0 Å². The fourth-order valence-corrected chi connectivity index (χ4v) is 2.14. The number of likely N-dealkylation sites (tertiary alicyclic amines) is 1. The van der Waals surface area contributed by atoms with Gasteiger partial charge in [0.15, 0.2) is 0 Å². The molecule has 2 saturated heterocycles. The normalized spacial score (nSPS) is 31.8. The van der Waals surface area contributed by atoms with E-state index in [-0.39, 0.29) is 0 Å². The van der Waals surface area contributed by atoms with Crippen LogP contribution in [0.1, 0.15) is 6.92 Å². The topological polar surface area (TPSA) is 32.5 Å². The molecule has 2 rings (SSSR count). The molecule has 0 unspecified atom stereocenters. The van der Waals surface area contributed by atoms with Crippen LogP contribution in [-0.4, -0.2) is 42.6 Å². The third-order valence-electron chi connectivity index (χ3n) is 2.64. The SMILES string of the molecule is CCN1CC2(CN(N)C2)C1. The van der Waals surface area contributed by atoms with E-state index >= 15 is 0 Å². The lowest BCUT2D eigenvalue weighted by atomic mass is 9.74. The minimum atomic E-state index is 0.616. The number of hydrogen-bond acceptors (Lipinski definition) is 3. The van der Waals surface area contributed by atoms with E-state index in [1.54, 1.807) is 0 Å². The molecule has 0 aromatic heterocycles. The van der Waals surface area contributed by atoms with Crippen molar-refractivity contribution in [3.05, 3.63) is 0 Å². The van der Waals surface area contributed by atoms with Crippen LogP contribution in [0.5, 0.6) is 0 Å². The van der Waals surface area contributed by atoms with Crippen LogP contribution in [-0.2, 0) is 0 Å². The highest BCUT2D eigenvalue weighted by molar-refractivity contribution is 5.03. The maximum Gasteiger partial charge on any atom is 0.0240 e. The summed E-state index contributed by atoms with van der Waals surface area (Å²) >= 11 is 0. The first kappa shape index (κ1) is 6.58. The summed E-state index contributed by atoms with van der Waals surface area (Å²) in [7, 11) is 0. The van der Waals surface area contributed by atoms with E-state index in [0.717, 1.165) is 13.1 Å². The highest BCUT2D eigenvalue weighted by Crippen LogP contribution is 2.37. The largest absolute Gasteiger partial charge is 0.302 e. The molecular weight excluding hydrogens is 126 g/mol. The monoisotopic (exact) mass is 141 g/mol. The van der Waals surface area contributed by atoms with Crippen molar-refractivity contribution in [2.24, 2.45) is 11.3 Å². The van der Waals surface area contributed by atoms with Gasteiger partial charge in [0, 0.05) is 31.6 Å². The van der Waals surface area contributed by atoms with Crippen LogP contribution in [0.25, 0.3) is 0 Å². The molecule has 0 aromatic rings. The summed E-state index contributed by atoms with van der Waals surface area (Å²) in [6, 6.07) is 0. The van der Waals surface area contributed by atoms with Gasteiger partial charge in [-0.25, -0.2) is 5.01 Å². The fourth-order valence-electron chi connectivity index (χ4n) is 2.14. The molecule has 2 aliphatic heterocycles. The van der Waals surface area contributed by atoms with E-state index in [2.05, 4.69) is 11.8 Å². The molecule has 3 heteroatoms. The van der Waals surface area contributed by atoms with Gasteiger partial charge in [-0.1, -0.05) is 6.92 Å². The second kappa shape index (κ2) is 1.94. The Morgan fingerprint density at radius 1 is 1.30 bits per heavy atom. The van der Waals surface area contributed by atoms with Crippen LogP contribution < -0.4 is 5.84 Å². The second-order valence-corrected chi connectivity index (χ2v) is 3.71. The molecule has 2 heterocycles. The number of nitrogens with zero attached hydrogens (tertiary/aromatic N) is 2. The maximum absolute atomic E-state index is 5.57. The Bertz CT molecular complexity index is 132. The van der Waals surface area contributed by atoms with Gasteiger partial charge in [0.25, 0.3) is 0 Å². The first-order chi connectivity index (χ1) is 4.74. The summed E-state index contributed by atoms with van der Waals surface area (Å²) in [5.41, 5.74) is 0.616. The molecule has 2 aliphatic rings. The number of hydrazine groups is 1. The van der Waals surface area contributed by atoms with Crippen molar-refractivity contribution < 1.29 is 0 Å². The Morgan fingerprint density at radius 2 is 1.90 bits per heavy atom. The number of rotatable bonds is 1. The van der Waals surface area contributed by atoms with Crippen molar-refractivity contribution >= 4 is 0 Å². The summed E-state index contributed by atoms with van der Waals surface area (Å²) in [6.07, 6.45) is 0. The second-order valence-electron chi connectivity index (χ2n) is 3.71. The van der Waals surface area contributed by atoms with E-state index in [4.69, 9.17) is 5.84 Å². The van der Waals surface area contributed by atoms with Crippen LogP contribution in [0.3, 0.4) is 0 Å². The van der Waals surface area contributed by atoms with Gasteiger partial charge in [-0.3, -0.25) is 5.84 Å². The maximum atomic E-state index is 5.57. The van der Waals surface area contributed by atoms with Gasteiger partial charge in [0.1, 0.15) is 0 Å². The molecule has 0 aromatic carbocycles. The smallest absolute Gasteiger partial charge is 0.0240 e. The summed E-state index contributed by atoms with van der Waals surface area (Å²) < 4.78 is 0. The Kier molecular flexibility index (Phi) is 1.27. The molecule has 3 nitrogen and oxygen atoms in total. The first-order valence-electron chi connectivity index (χ1n) is 3.96. The van der Waals surface area contributed by atoms with Gasteiger partial charge < -0.3 is 4.90 Å². The molecular formula is C7H15N3. The van der Waals surface area contributed by atoms with Crippen molar-refractivity contribution in [1.82, 2.24) is 9.91 Å². The summed E-state index contributed by atoms with van der Waals surface area (Å²) in [4.78, 5) is 2.47. The Hall–Kier alpha value is -0.120. The predicted molar refractivity (Wildman–Crippen MR) is 40.3 cm³/mol. The molecule has 0 bridgehead atoms. The summed E-state index contributed by atoms with van der Waals surface area (Å²) in [6.45, 7) is 8.19. The van der Waals surface area contributed by atoms with Gasteiger partial charge in [-0.15, -0.1) is 0 Å². The van der Waals surface area contributed by atoms with E-state index < -0.39 is 0 Å². The lowest BCUT2D eigenvalue weighted by Gasteiger charge is -2.59. The zero-order valence-corrected chi connectivity index (χ0v) is 6.51. The predicted octanol–water partition coefficient (Wildman–Crippen LogP) is -0.502. The third-order valence-corrected chi connectivity index (χ3v) is 2.64. The minimum absolute atomic E-state index is 0.616. The summed E-state index contributed by atoms with van der Waals surface area (Å²) in [5, 5.41) is 1.91. The lowest BCUT2D eigenvalue weighted by Crippen LogP contribution is -2.73. The van der Waals surface area contributed by atoms with Crippen LogP contribution in [0.15, 0.2) is 0 Å². The first-order valence-corrected chi connectivity index (χ1v) is 3.96. The third kappa shape index (κ3) is 0.779. The van der Waals surface area contributed by atoms with Gasteiger partial charge in [-0.05, 0) is 6.54 Å². The minimum Gasteiger partial charge on any atom is -0.302 e. The van der Waals surface area contributed by atoms with Crippen molar-refractivity contribution in [3.63, 3.8) is 0 Å². The molecule has 1 spiro atoms. The standard InChI is InChI=1S/C7H15N3/c1-2-9-3-7(4-9)5-10(8)6-7/h2-6,8H2,1H3. The van der Waals surface area contributed by atoms with Crippen LogP contribution in [0.2, 0.25) is 0 Å². The Morgan fingerprint density at radius 3 is 2.30 bits per heavy atom. The van der Waals surface area contributed by atoms with E-state index in [1.807, 2.05) is 5.01 Å². The zero-order chi connectivity index (χ0) is 7.19. The molecule has 2 N–H and O–H groups in total. The molecule has 0 saturated carbocycles. The van der Waals surface area contributed by atoms with E-state index in [9.17, 15) is 0 Å². The average Bonchev–Trinajstić information content (AvgIpc) is 1.74. The average molecular weight is 141 g/mol. The van der Waals surface area contributed by atoms with Crippen LogP contribution in [0, 0.1) is 5.41 Å². The van der Waals surface area contributed by atoms with Gasteiger partial charge in [-0.2, -0.15) is 0 Å². The zero-order valence-electron chi connectivity index (χ0n) is 6.51. The molecule has 0 amide bonds. The molecule has 2 fully saturated rings. The van der Waals surface area contributed by atoms with Crippen molar-refractivity contribution in [3.8, 4) is 0 Å². The Balaban J connectivity index is 1.80. The van der Waals surface area contributed by atoms with Crippen molar-refractivity contribution in [2.45, 2.75) is 6.92 Å². The molecule has 0 atom stereocenters. The van der Waals surface area contributed by atoms with Crippen LogP contribution in [0.4, 0.5) is 0 Å². The molecule has 10 heavy (non-hydrogen) atoms. The number of hydrogen-bond donors (Lipinski definition) is 1. The molecule has 0 radical (unpaired) electrons. The lowest BCUT2D eigenvalue weighted by molar-refractivity contribution is -0.113. The van der Waals surface area contributed by atoms with Gasteiger partial charge in [0.2, 0.25) is 0 Å². The molecule has 58 valence electrons. The quantitative estimate of drug-likeness (QED) is 0.500.